The van der Waals surface area contributed by atoms with Crippen LogP contribution in [0.5, 0.6) is 0 Å². The minimum Gasteiger partial charge on any atom is -0.481 e. The molecule has 0 rings (SSSR count). The number of hydrogen-bond donors (Lipinski definition) is 2. The standard InChI is InChI=1S/C7H9O4/c1-2-5(8)6(9)3-4-7(10)11/h2,4,6,9H,1,3H2,(H,10,11). The Bertz CT molecular complexity index is 173. The number of carboxylic acids is 1. The van der Waals surface area contributed by atoms with Crippen LogP contribution in [0.3, 0.4) is 0 Å². The largest absolute Gasteiger partial charge is 0.481 e. The van der Waals surface area contributed by atoms with E-state index in [0.717, 1.165) is 12.5 Å². The van der Waals surface area contributed by atoms with Crippen molar-refractivity contribution in [2.75, 3.05) is 0 Å². The van der Waals surface area contributed by atoms with Crippen LogP contribution < -0.4 is 0 Å². The highest BCUT2D eigenvalue weighted by molar-refractivity contribution is 5.93. The first-order valence-corrected chi connectivity index (χ1v) is 2.98. The molecule has 1 radical (unpaired) electrons. The number of hydrogen-bond acceptors (Lipinski definition) is 3. The van der Waals surface area contributed by atoms with Gasteiger partial charge < -0.3 is 10.2 Å². The van der Waals surface area contributed by atoms with Gasteiger partial charge in [-0.3, -0.25) is 9.59 Å². The summed E-state index contributed by atoms with van der Waals surface area (Å²) in [5, 5.41) is 17.0. The lowest BCUT2D eigenvalue weighted by atomic mass is 10.1. The number of rotatable bonds is 5. The van der Waals surface area contributed by atoms with Crippen LogP contribution in [-0.2, 0) is 9.59 Å². The lowest BCUT2D eigenvalue weighted by Crippen LogP contribution is -2.19. The lowest BCUT2D eigenvalue weighted by molar-refractivity contribution is -0.133. The first kappa shape index (κ1) is 9.84. The third-order valence-electron chi connectivity index (χ3n) is 1.05. The fourth-order valence-corrected chi connectivity index (χ4v) is 0.465. The molecule has 0 aromatic carbocycles. The van der Waals surface area contributed by atoms with Crippen molar-refractivity contribution in [3.05, 3.63) is 19.1 Å². The summed E-state index contributed by atoms with van der Waals surface area (Å²) < 4.78 is 0. The molecule has 2 N–H and O–H groups in total. The highest BCUT2D eigenvalue weighted by atomic mass is 16.4. The molecule has 0 aromatic rings. The summed E-state index contributed by atoms with van der Waals surface area (Å²) in [6, 6.07) is 0. The summed E-state index contributed by atoms with van der Waals surface area (Å²) in [5.74, 6) is -1.72. The SMILES string of the molecule is C=CC(=O)C(O)C[CH]C(=O)O. The molecule has 0 heterocycles. The zero-order chi connectivity index (χ0) is 8.85. The maximum atomic E-state index is 10.5. The molecule has 0 bridgehead atoms. The van der Waals surface area contributed by atoms with Crippen LogP contribution in [0.15, 0.2) is 12.7 Å². The maximum absolute atomic E-state index is 10.5. The van der Waals surface area contributed by atoms with Crippen LogP contribution in [0.25, 0.3) is 0 Å². The fraction of sp³-hybridized carbons (Fsp3) is 0.286. The van der Waals surface area contributed by atoms with Crippen molar-refractivity contribution in [3.8, 4) is 0 Å². The Morgan fingerprint density at radius 2 is 2.09 bits per heavy atom. The van der Waals surface area contributed by atoms with Gasteiger partial charge in [-0.25, -0.2) is 0 Å². The van der Waals surface area contributed by atoms with Gasteiger partial charge in [0.1, 0.15) is 6.10 Å². The Morgan fingerprint density at radius 1 is 1.55 bits per heavy atom. The topological polar surface area (TPSA) is 74.6 Å². The molecule has 0 aliphatic rings. The summed E-state index contributed by atoms with van der Waals surface area (Å²) in [4.78, 5) is 20.5. The summed E-state index contributed by atoms with van der Waals surface area (Å²) in [6.45, 7) is 3.14. The summed E-state index contributed by atoms with van der Waals surface area (Å²) >= 11 is 0. The number of carboxylic acid groups (broad SMARTS) is 1. The van der Waals surface area contributed by atoms with Gasteiger partial charge in [0.2, 0.25) is 0 Å². The Balaban J connectivity index is 3.68. The molecule has 0 aliphatic heterocycles. The van der Waals surface area contributed by atoms with E-state index in [9.17, 15) is 9.59 Å². The summed E-state index contributed by atoms with van der Waals surface area (Å²) in [6.07, 6.45) is 0.329. The number of carbonyl (C=O) groups excluding carboxylic acids is 1. The van der Waals surface area contributed by atoms with Crippen molar-refractivity contribution < 1.29 is 19.8 Å². The molecule has 0 saturated carbocycles. The number of carbonyl (C=O) groups is 2. The van der Waals surface area contributed by atoms with Gasteiger partial charge in [-0.2, -0.15) is 0 Å². The van der Waals surface area contributed by atoms with E-state index in [0.29, 0.717) is 0 Å². The van der Waals surface area contributed by atoms with E-state index in [1.165, 1.54) is 0 Å². The minimum atomic E-state index is -1.27. The van der Waals surface area contributed by atoms with Gasteiger partial charge in [0, 0.05) is 0 Å². The van der Waals surface area contributed by atoms with Crippen molar-refractivity contribution >= 4 is 11.8 Å². The molecule has 0 amide bonds. The van der Waals surface area contributed by atoms with Crippen LogP contribution in [0.1, 0.15) is 6.42 Å². The second-order valence-corrected chi connectivity index (χ2v) is 1.90. The van der Waals surface area contributed by atoms with Crippen molar-refractivity contribution in [2.45, 2.75) is 12.5 Å². The zero-order valence-corrected chi connectivity index (χ0v) is 5.86. The fourth-order valence-electron chi connectivity index (χ4n) is 0.465. The molecule has 0 aromatic heterocycles. The molecular weight excluding hydrogens is 148 g/mol. The van der Waals surface area contributed by atoms with E-state index in [1.807, 2.05) is 0 Å². The second-order valence-electron chi connectivity index (χ2n) is 1.90. The molecule has 4 heteroatoms. The van der Waals surface area contributed by atoms with E-state index in [2.05, 4.69) is 6.58 Å². The summed E-state index contributed by atoms with van der Waals surface area (Å²) in [5.41, 5.74) is 0. The molecule has 4 nitrogen and oxygen atoms in total. The highest BCUT2D eigenvalue weighted by Crippen LogP contribution is 1.97. The van der Waals surface area contributed by atoms with Crippen LogP contribution in [0.4, 0.5) is 0 Å². The molecule has 1 atom stereocenters. The van der Waals surface area contributed by atoms with E-state index >= 15 is 0 Å². The zero-order valence-electron chi connectivity index (χ0n) is 5.86. The number of aliphatic carboxylic acids is 1. The van der Waals surface area contributed by atoms with Crippen LogP contribution >= 0.6 is 0 Å². The number of ketones is 1. The molecule has 0 fully saturated rings. The van der Waals surface area contributed by atoms with Gasteiger partial charge >= 0.3 is 5.97 Å². The van der Waals surface area contributed by atoms with Gasteiger partial charge in [0.25, 0.3) is 0 Å². The quantitative estimate of drug-likeness (QED) is 0.541. The van der Waals surface area contributed by atoms with Gasteiger partial charge in [-0.1, -0.05) is 6.58 Å². The smallest absolute Gasteiger partial charge is 0.307 e. The van der Waals surface area contributed by atoms with Crippen molar-refractivity contribution in [1.29, 1.82) is 0 Å². The predicted molar refractivity (Wildman–Crippen MR) is 37.8 cm³/mol. The molecule has 61 valence electrons. The Morgan fingerprint density at radius 3 is 2.45 bits per heavy atom. The van der Waals surface area contributed by atoms with Gasteiger partial charge in [-0.15, -0.1) is 0 Å². The number of aliphatic hydroxyl groups excluding tert-OH is 1. The first-order chi connectivity index (χ1) is 5.07. The first-order valence-electron chi connectivity index (χ1n) is 2.98. The summed E-state index contributed by atoms with van der Waals surface area (Å²) in [7, 11) is 0. The normalized spacial score (nSPS) is 12.1. The molecule has 11 heavy (non-hydrogen) atoms. The van der Waals surface area contributed by atoms with Gasteiger partial charge in [-0.05, 0) is 12.5 Å². The van der Waals surface area contributed by atoms with Crippen molar-refractivity contribution in [3.63, 3.8) is 0 Å². The molecule has 1 unspecified atom stereocenters. The predicted octanol–water partition coefficient (Wildman–Crippen LogP) is -0.219. The molecular formula is C7H9O4. The monoisotopic (exact) mass is 157 g/mol. The second kappa shape index (κ2) is 4.62. The van der Waals surface area contributed by atoms with E-state index in [-0.39, 0.29) is 6.42 Å². The Kier molecular flexibility index (Phi) is 4.14. The van der Waals surface area contributed by atoms with Gasteiger partial charge in [0.15, 0.2) is 5.78 Å². The van der Waals surface area contributed by atoms with E-state index < -0.39 is 17.9 Å². The van der Waals surface area contributed by atoms with E-state index in [4.69, 9.17) is 10.2 Å². The molecule has 0 aliphatic carbocycles. The highest BCUT2D eigenvalue weighted by Gasteiger charge is 2.12. The van der Waals surface area contributed by atoms with Crippen LogP contribution in [0.2, 0.25) is 0 Å². The van der Waals surface area contributed by atoms with E-state index in [1.54, 1.807) is 0 Å². The Hall–Kier alpha value is -1.16. The van der Waals surface area contributed by atoms with Crippen molar-refractivity contribution in [1.82, 2.24) is 0 Å². The lowest BCUT2D eigenvalue weighted by Gasteiger charge is -2.02. The third-order valence-corrected chi connectivity index (χ3v) is 1.05. The average Bonchev–Trinajstić information content (AvgIpc) is 1.98. The molecule has 0 spiro atoms. The average molecular weight is 157 g/mol. The molecule has 0 saturated heterocycles. The maximum Gasteiger partial charge on any atom is 0.307 e. The van der Waals surface area contributed by atoms with Crippen LogP contribution in [-0.4, -0.2) is 28.1 Å². The van der Waals surface area contributed by atoms with Gasteiger partial charge in [0.05, 0.1) is 6.42 Å². The van der Waals surface area contributed by atoms with Crippen molar-refractivity contribution in [2.24, 2.45) is 0 Å². The number of aliphatic hydroxyl groups is 1. The minimum absolute atomic E-state index is 0.180. The van der Waals surface area contributed by atoms with Crippen LogP contribution in [0, 0.1) is 6.42 Å². The Labute approximate surface area is 64.2 Å². The third kappa shape index (κ3) is 4.27.